The molecular weight excluding hydrogens is 374 g/mol. The molecule has 1 atom stereocenters. The number of nitrogens with zero attached hydrogens (tertiary/aromatic N) is 2. The molecular formula is C19H20F2N2O3S. The number of amides is 1. The van der Waals surface area contributed by atoms with Crippen LogP contribution >= 0.6 is 0 Å². The lowest BCUT2D eigenvalue weighted by molar-refractivity contribution is -0.132. The number of fused-ring (bicyclic) bond motifs is 1. The summed E-state index contributed by atoms with van der Waals surface area (Å²) in [5.41, 5.74) is 2.09. The second kappa shape index (κ2) is 7.26. The zero-order valence-corrected chi connectivity index (χ0v) is 15.8. The number of hydrogen-bond acceptors (Lipinski definition) is 3. The van der Waals surface area contributed by atoms with Gasteiger partial charge in [0.15, 0.2) is 11.6 Å². The van der Waals surface area contributed by atoms with Crippen molar-refractivity contribution in [3.8, 4) is 0 Å². The van der Waals surface area contributed by atoms with Crippen molar-refractivity contribution in [1.82, 2.24) is 4.90 Å². The molecule has 0 aromatic heterocycles. The van der Waals surface area contributed by atoms with E-state index < -0.39 is 27.7 Å². The Morgan fingerprint density at radius 3 is 2.41 bits per heavy atom. The molecule has 3 rings (SSSR count). The number of rotatable bonds is 4. The first-order valence-electron chi connectivity index (χ1n) is 8.48. The van der Waals surface area contributed by atoms with Gasteiger partial charge in [0.25, 0.3) is 0 Å². The van der Waals surface area contributed by atoms with E-state index in [1.807, 2.05) is 24.3 Å². The average molecular weight is 394 g/mol. The summed E-state index contributed by atoms with van der Waals surface area (Å²) in [6.07, 6.45) is 1.61. The number of hydrogen-bond donors (Lipinski definition) is 0. The molecule has 2 aromatic carbocycles. The van der Waals surface area contributed by atoms with E-state index in [2.05, 4.69) is 0 Å². The van der Waals surface area contributed by atoms with Gasteiger partial charge in [0.1, 0.15) is 6.04 Å². The normalized spacial score (nSPS) is 15.2. The van der Waals surface area contributed by atoms with Crippen LogP contribution in [0.1, 0.15) is 18.1 Å². The van der Waals surface area contributed by atoms with Crippen molar-refractivity contribution in [2.75, 3.05) is 17.1 Å². The second-order valence-corrected chi connectivity index (χ2v) is 8.47. The van der Waals surface area contributed by atoms with Crippen LogP contribution in [0.5, 0.6) is 0 Å². The maximum absolute atomic E-state index is 13.6. The second-order valence-electron chi connectivity index (χ2n) is 6.61. The summed E-state index contributed by atoms with van der Waals surface area (Å²) in [6.45, 7) is 2.30. The van der Waals surface area contributed by atoms with E-state index >= 15 is 0 Å². The molecule has 1 aliphatic rings. The molecule has 8 heteroatoms. The fraction of sp³-hybridized carbons (Fsp3) is 0.316. The SMILES string of the molecule is C[C@@H](C(=O)N1CCc2ccccc2C1)N(c1ccc(F)c(F)c1)S(C)(=O)=O. The monoisotopic (exact) mass is 394 g/mol. The van der Waals surface area contributed by atoms with Crippen LogP contribution in [0.2, 0.25) is 0 Å². The lowest BCUT2D eigenvalue weighted by Crippen LogP contribution is -2.50. The number of benzene rings is 2. The van der Waals surface area contributed by atoms with Gasteiger partial charge in [-0.05, 0) is 36.6 Å². The fourth-order valence-electron chi connectivity index (χ4n) is 3.37. The molecule has 0 N–H and O–H groups in total. The third-order valence-corrected chi connectivity index (χ3v) is 5.91. The van der Waals surface area contributed by atoms with Crippen molar-refractivity contribution < 1.29 is 22.0 Å². The molecule has 0 aliphatic carbocycles. The average Bonchev–Trinajstić information content (AvgIpc) is 2.62. The summed E-state index contributed by atoms with van der Waals surface area (Å²) in [5.74, 6) is -2.65. The Hall–Kier alpha value is -2.48. The standard InChI is InChI=1S/C19H20F2N2O3S/c1-13(19(24)22-10-9-14-5-3-4-6-15(14)12-22)23(27(2,25)26)16-7-8-17(20)18(21)11-16/h3-8,11,13H,9-10,12H2,1-2H3/t13-/m0/s1. The third kappa shape index (κ3) is 3.95. The molecule has 0 unspecified atom stereocenters. The van der Waals surface area contributed by atoms with E-state index in [1.165, 1.54) is 6.92 Å². The van der Waals surface area contributed by atoms with Gasteiger partial charge in [-0.15, -0.1) is 0 Å². The lowest BCUT2D eigenvalue weighted by Gasteiger charge is -2.35. The van der Waals surface area contributed by atoms with E-state index in [9.17, 15) is 22.0 Å². The van der Waals surface area contributed by atoms with E-state index in [1.54, 1.807) is 4.90 Å². The third-order valence-electron chi connectivity index (χ3n) is 4.67. The van der Waals surface area contributed by atoms with Crippen LogP contribution in [0.3, 0.4) is 0 Å². The van der Waals surface area contributed by atoms with E-state index in [-0.39, 0.29) is 11.6 Å². The van der Waals surface area contributed by atoms with Gasteiger partial charge in [-0.25, -0.2) is 17.2 Å². The van der Waals surface area contributed by atoms with Crippen molar-refractivity contribution in [3.63, 3.8) is 0 Å². The summed E-state index contributed by atoms with van der Waals surface area (Å²) in [7, 11) is -3.89. The maximum atomic E-state index is 13.6. The van der Waals surface area contributed by atoms with E-state index in [0.717, 1.165) is 39.9 Å². The largest absolute Gasteiger partial charge is 0.336 e. The summed E-state index contributed by atoms with van der Waals surface area (Å²) in [6, 6.07) is 9.45. The lowest BCUT2D eigenvalue weighted by atomic mass is 9.99. The number of carbonyl (C=O) groups is 1. The minimum atomic E-state index is -3.89. The van der Waals surface area contributed by atoms with Gasteiger partial charge in [0, 0.05) is 19.2 Å². The Labute approximate surface area is 157 Å². The summed E-state index contributed by atoms with van der Waals surface area (Å²) < 4.78 is 52.3. The highest BCUT2D eigenvalue weighted by atomic mass is 32.2. The van der Waals surface area contributed by atoms with Crippen LogP contribution in [-0.4, -0.2) is 38.1 Å². The Morgan fingerprint density at radius 2 is 1.78 bits per heavy atom. The molecule has 5 nitrogen and oxygen atoms in total. The van der Waals surface area contributed by atoms with Gasteiger partial charge in [-0.1, -0.05) is 24.3 Å². The molecule has 0 bridgehead atoms. The molecule has 144 valence electrons. The van der Waals surface area contributed by atoms with Crippen LogP contribution in [0.25, 0.3) is 0 Å². The van der Waals surface area contributed by atoms with Crippen LogP contribution in [0.15, 0.2) is 42.5 Å². The fourth-order valence-corrected chi connectivity index (χ4v) is 4.53. The molecule has 0 saturated heterocycles. The number of halogens is 2. The summed E-state index contributed by atoms with van der Waals surface area (Å²) in [5, 5.41) is 0. The van der Waals surface area contributed by atoms with E-state index in [4.69, 9.17) is 0 Å². The number of carbonyl (C=O) groups excluding carboxylic acids is 1. The highest BCUT2D eigenvalue weighted by Crippen LogP contribution is 2.25. The zero-order valence-electron chi connectivity index (χ0n) is 15.0. The Balaban J connectivity index is 1.89. The quantitative estimate of drug-likeness (QED) is 0.801. The minimum Gasteiger partial charge on any atom is -0.336 e. The topological polar surface area (TPSA) is 57.7 Å². The predicted molar refractivity (Wildman–Crippen MR) is 98.7 cm³/mol. The molecule has 0 saturated carbocycles. The minimum absolute atomic E-state index is 0.0883. The first-order chi connectivity index (χ1) is 12.7. The van der Waals surface area contributed by atoms with Gasteiger partial charge in [-0.3, -0.25) is 9.10 Å². The molecule has 1 heterocycles. The van der Waals surface area contributed by atoms with Crippen molar-refractivity contribution >= 4 is 21.6 Å². The zero-order chi connectivity index (χ0) is 19.8. The smallest absolute Gasteiger partial charge is 0.246 e. The van der Waals surface area contributed by atoms with Crippen LogP contribution in [0, 0.1) is 11.6 Å². The predicted octanol–water partition coefficient (Wildman–Crippen LogP) is 2.70. The van der Waals surface area contributed by atoms with Crippen molar-refractivity contribution in [2.45, 2.75) is 25.9 Å². The molecule has 1 aliphatic heterocycles. The molecule has 2 aromatic rings. The van der Waals surface area contributed by atoms with Gasteiger partial charge in [0.05, 0.1) is 11.9 Å². The summed E-state index contributed by atoms with van der Waals surface area (Å²) in [4.78, 5) is 14.6. The Kier molecular flexibility index (Phi) is 5.19. The number of anilines is 1. The molecule has 1 amide bonds. The van der Waals surface area contributed by atoms with Gasteiger partial charge >= 0.3 is 0 Å². The number of sulfonamides is 1. The van der Waals surface area contributed by atoms with Crippen molar-refractivity contribution in [2.24, 2.45) is 0 Å². The van der Waals surface area contributed by atoms with E-state index in [0.29, 0.717) is 19.5 Å². The highest BCUT2D eigenvalue weighted by molar-refractivity contribution is 7.92. The first kappa shape index (κ1) is 19.3. The molecule has 0 fully saturated rings. The molecule has 27 heavy (non-hydrogen) atoms. The van der Waals surface area contributed by atoms with Crippen LogP contribution < -0.4 is 4.31 Å². The van der Waals surface area contributed by atoms with Gasteiger partial charge in [0.2, 0.25) is 15.9 Å². The van der Waals surface area contributed by atoms with Gasteiger partial charge < -0.3 is 4.90 Å². The van der Waals surface area contributed by atoms with Gasteiger partial charge in [-0.2, -0.15) is 0 Å². The van der Waals surface area contributed by atoms with Crippen LogP contribution in [0.4, 0.5) is 14.5 Å². The van der Waals surface area contributed by atoms with Crippen molar-refractivity contribution in [1.29, 1.82) is 0 Å². The van der Waals surface area contributed by atoms with Crippen LogP contribution in [-0.2, 0) is 27.8 Å². The summed E-state index contributed by atoms with van der Waals surface area (Å²) >= 11 is 0. The Morgan fingerprint density at radius 1 is 1.11 bits per heavy atom. The molecule has 0 spiro atoms. The Bertz CT molecular complexity index is 979. The first-order valence-corrected chi connectivity index (χ1v) is 10.3. The maximum Gasteiger partial charge on any atom is 0.246 e. The molecule has 0 radical (unpaired) electrons. The highest BCUT2D eigenvalue weighted by Gasteiger charge is 2.33. The van der Waals surface area contributed by atoms with Crippen molar-refractivity contribution in [3.05, 3.63) is 65.2 Å².